The van der Waals surface area contributed by atoms with Gasteiger partial charge in [0.1, 0.15) is 23.8 Å². The van der Waals surface area contributed by atoms with Gasteiger partial charge in [-0.05, 0) is 48.7 Å². The predicted molar refractivity (Wildman–Crippen MR) is 114 cm³/mol. The highest BCUT2D eigenvalue weighted by atomic mass is 32.2. The Kier molecular flexibility index (Phi) is 6.73. The number of aryl methyl sites for hydroxylation is 2. The van der Waals surface area contributed by atoms with Gasteiger partial charge in [0.05, 0.1) is 4.90 Å². The van der Waals surface area contributed by atoms with Gasteiger partial charge >= 0.3 is 0 Å². The van der Waals surface area contributed by atoms with E-state index in [1.165, 1.54) is 6.33 Å². The summed E-state index contributed by atoms with van der Waals surface area (Å²) in [5.74, 6) is 1.87. The average molecular weight is 413 g/mol. The fourth-order valence-electron chi connectivity index (χ4n) is 2.62. The molecule has 2 heterocycles. The van der Waals surface area contributed by atoms with Gasteiger partial charge in [0.15, 0.2) is 0 Å². The Morgan fingerprint density at radius 1 is 0.897 bits per heavy atom. The second-order valence-corrected chi connectivity index (χ2v) is 8.22. The molecule has 0 spiro atoms. The van der Waals surface area contributed by atoms with Crippen molar-refractivity contribution in [2.45, 2.75) is 25.2 Å². The Bertz CT molecular complexity index is 1050. The topological polar surface area (TPSA) is 109 Å². The lowest BCUT2D eigenvalue weighted by atomic mass is 10.2. The summed E-state index contributed by atoms with van der Waals surface area (Å²) >= 11 is 0. The second-order valence-electron chi connectivity index (χ2n) is 6.45. The Labute approximate surface area is 170 Å². The van der Waals surface area contributed by atoms with Crippen molar-refractivity contribution in [3.8, 4) is 0 Å². The maximum Gasteiger partial charge on any atom is 0.240 e. The lowest BCUT2D eigenvalue weighted by Gasteiger charge is -2.10. The van der Waals surface area contributed by atoms with Gasteiger partial charge in [-0.2, -0.15) is 0 Å². The fourth-order valence-corrected chi connectivity index (χ4v) is 3.65. The quantitative estimate of drug-likeness (QED) is 0.464. The lowest BCUT2D eigenvalue weighted by Crippen LogP contribution is -2.29. The monoisotopic (exact) mass is 412 g/mol. The van der Waals surface area contributed by atoms with Crippen LogP contribution in [0.3, 0.4) is 0 Å². The summed E-state index contributed by atoms with van der Waals surface area (Å²) in [6.07, 6.45) is 4.02. The minimum atomic E-state index is -3.54. The highest BCUT2D eigenvalue weighted by molar-refractivity contribution is 7.89. The molecule has 1 aromatic carbocycles. The van der Waals surface area contributed by atoms with Crippen molar-refractivity contribution < 1.29 is 8.42 Å². The number of rotatable bonds is 9. The minimum absolute atomic E-state index is 0.226. The standard InChI is InChI=1S/C20H24N6O2S/c1-3-16-4-6-17(7-5-16)29(27,28)25-11-10-22-18-13-20(24-14-23-18)26-19-12-15(2)8-9-21-19/h4-9,12-14,25H,3,10-11H2,1-2H3,(H2,21,22,23,24,26). The summed E-state index contributed by atoms with van der Waals surface area (Å²) in [5, 5.41) is 6.20. The highest BCUT2D eigenvalue weighted by Gasteiger charge is 2.12. The minimum Gasteiger partial charge on any atom is -0.369 e. The Hall–Kier alpha value is -3.04. The molecule has 3 N–H and O–H groups in total. The zero-order valence-electron chi connectivity index (χ0n) is 16.4. The van der Waals surface area contributed by atoms with Crippen LogP contribution in [0.2, 0.25) is 0 Å². The summed E-state index contributed by atoms with van der Waals surface area (Å²) in [4.78, 5) is 12.8. The molecule has 29 heavy (non-hydrogen) atoms. The van der Waals surface area contributed by atoms with Crippen LogP contribution in [0.25, 0.3) is 0 Å². The van der Waals surface area contributed by atoms with Crippen molar-refractivity contribution >= 4 is 27.5 Å². The molecule has 0 aliphatic carbocycles. The van der Waals surface area contributed by atoms with E-state index in [-0.39, 0.29) is 11.4 Å². The first-order valence-corrected chi connectivity index (χ1v) is 10.8. The van der Waals surface area contributed by atoms with Crippen molar-refractivity contribution in [2.24, 2.45) is 0 Å². The number of anilines is 3. The Morgan fingerprint density at radius 3 is 2.34 bits per heavy atom. The molecular weight excluding hydrogens is 388 g/mol. The molecule has 0 fully saturated rings. The second kappa shape index (κ2) is 9.44. The molecule has 0 aliphatic heterocycles. The zero-order valence-corrected chi connectivity index (χ0v) is 17.2. The van der Waals surface area contributed by atoms with Crippen molar-refractivity contribution in [3.63, 3.8) is 0 Å². The van der Waals surface area contributed by atoms with Crippen LogP contribution < -0.4 is 15.4 Å². The molecular formula is C20H24N6O2S. The fraction of sp³-hybridized carbons (Fsp3) is 0.250. The summed E-state index contributed by atoms with van der Waals surface area (Å²) in [7, 11) is -3.54. The Morgan fingerprint density at radius 2 is 1.62 bits per heavy atom. The van der Waals surface area contributed by atoms with Gasteiger partial charge in [-0.1, -0.05) is 19.1 Å². The number of nitrogens with one attached hydrogen (secondary N) is 3. The Balaban J connectivity index is 1.52. The van der Waals surface area contributed by atoms with Gasteiger partial charge in [-0.15, -0.1) is 0 Å². The van der Waals surface area contributed by atoms with Gasteiger partial charge in [-0.3, -0.25) is 0 Å². The summed E-state index contributed by atoms with van der Waals surface area (Å²) in [6.45, 7) is 4.62. The summed E-state index contributed by atoms with van der Waals surface area (Å²) < 4.78 is 27.3. The van der Waals surface area contributed by atoms with Gasteiger partial charge in [0.2, 0.25) is 10.0 Å². The summed E-state index contributed by atoms with van der Waals surface area (Å²) in [5.41, 5.74) is 2.19. The van der Waals surface area contributed by atoms with Crippen LogP contribution in [0.15, 0.2) is 59.9 Å². The molecule has 8 nitrogen and oxygen atoms in total. The number of benzene rings is 1. The van der Waals surface area contributed by atoms with Crippen LogP contribution in [-0.2, 0) is 16.4 Å². The maximum absolute atomic E-state index is 12.3. The van der Waals surface area contributed by atoms with E-state index in [4.69, 9.17) is 0 Å². The van der Waals surface area contributed by atoms with E-state index in [9.17, 15) is 8.42 Å². The molecule has 0 radical (unpaired) electrons. The number of hydrogen-bond donors (Lipinski definition) is 3. The molecule has 3 aromatic rings. The molecule has 0 saturated heterocycles. The van der Waals surface area contributed by atoms with Gasteiger partial charge in [0.25, 0.3) is 0 Å². The number of hydrogen-bond acceptors (Lipinski definition) is 7. The van der Waals surface area contributed by atoms with Gasteiger partial charge in [0, 0.05) is 25.4 Å². The summed E-state index contributed by atoms with van der Waals surface area (Å²) in [6, 6.07) is 12.5. The number of sulfonamides is 1. The molecule has 3 rings (SSSR count). The van der Waals surface area contributed by atoms with Gasteiger partial charge < -0.3 is 10.6 Å². The highest BCUT2D eigenvalue weighted by Crippen LogP contribution is 2.15. The van der Waals surface area contributed by atoms with E-state index in [0.717, 1.165) is 17.5 Å². The predicted octanol–water partition coefficient (Wildman–Crippen LogP) is 2.88. The van der Waals surface area contributed by atoms with Crippen LogP contribution in [0.1, 0.15) is 18.1 Å². The van der Waals surface area contributed by atoms with Crippen LogP contribution in [0.4, 0.5) is 17.5 Å². The molecule has 0 bridgehead atoms. The molecule has 9 heteroatoms. The van der Waals surface area contributed by atoms with Gasteiger partial charge in [-0.25, -0.2) is 28.1 Å². The van der Waals surface area contributed by atoms with E-state index in [0.29, 0.717) is 24.0 Å². The van der Waals surface area contributed by atoms with Crippen molar-refractivity contribution in [3.05, 3.63) is 66.1 Å². The number of aromatic nitrogens is 3. The SMILES string of the molecule is CCc1ccc(S(=O)(=O)NCCNc2cc(Nc3cc(C)ccn3)ncn2)cc1. The maximum atomic E-state index is 12.3. The smallest absolute Gasteiger partial charge is 0.240 e. The lowest BCUT2D eigenvalue weighted by molar-refractivity contribution is 0.583. The van der Waals surface area contributed by atoms with E-state index in [1.54, 1.807) is 24.4 Å². The largest absolute Gasteiger partial charge is 0.369 e. The first-order chi connectivity index (χ1) is 14.0. The van der Waals surface area contributed by atoms with E-state index in [1.807, 2.05) is 38.1 Å². The third-order valence-corrected chi connectivity index (χ3v) is 5.68. The molecule has 0 aliphatic rings. The molecule has 152 valence electrons. The zero-order chi connectivity index (χ0) is 20.7. The third-order valence-electron chi connectivity index (χ3n) is 4.20. The first kappa shape index (κ1) is 20.7. The van der Waals surface area contributed by atoms with E-state index >= 15 is 0 Å². The molecule has 0 amide bonds. The van der Waals surface area contributed by atoms with Crippen molar-refractivity contribution in [2.75, 3.05) is 23.7 Å². The average Bonchev–Trinajstić information content (AvgIpc) is 2.72. The van der Waals surface area contributed by atoms with Crippen molar-refractivity contribution in [1.82, 2.24) is 19.7 Å². The normalized spacial score (nSPS) is 11.2. The van der Waals surface area contributed by atoms with E-state index in [2.05, 4.69) is 30.3 Å². The van der Waals surface area contributed by atoms with E-state index < -0.39 is 10.0 Å². The van der Waals surface area contributed by atoms with Crippen molar-refractivity contribution in [1.29, 1.82) is 0 Å². The molecule has 0 atom stereocenters. The van der Waals surface area contributed by atoms with Crippen LogP contribution in [-0.4, -0.2) is 36.5 Å². The van der Waals surface area contributed by atoms with Crippen LogP contribution >= 0.6 is 0 Å². The molecule has 0 unspecified atom stereocenters. The third kappa shape index (κ3) is 5.97. The first-order valence-electron chi connectivity index (χ1n) is 9.30. The molecule has 0 saturated carbocycles. The molecule has 2 aromatic heterocycles. The number of nitrogens with zero attached hydrogens (tertiary/aromatic N) is 3. The number of pyridine rings is 1. The van der Waals surface area contributed by atoms with Crippen LogP contribution in [0.5, 0.6) is 0 Å². The van der Waals surface area contributed by atoms with Crippen LogP contribution in [0, 0.1) is 6.92 Å².